The van der Waals surface area contributed by atoms with Crippen LogP contribution in [0.4, 0.5) is 5.69 Å². The molecule has 0 unspecified atom stereocenters. The molecule has 0 atom stereocenters. The van der Waals surface area contributed by atoms with Crippen LogP contribution in [0, 0.1) is 12.3 Å². The molecule has 1 fully saturated rings. The van der Waals surface area contributed by atoms with Crippen molar-refractivity contribution >= 4 is 57.8 Å². The van der Waals surface area contributed by atoms with Crippen LogP contribution < -0.4 is 14.8 Å². The third-order valence-electron chi connectivity index (χ3n) is 3.60. The number of rotatable bonds is 5. The molecule has 0 aromatic heterocycles. The number of thioether (sulfide) groups is 1. The largest absolute Gasteiger partial charge is 0.493 e. The van der Waals surface area contributed by atoms with Gasteiger partial charge in [-0.2, -0.15) is 0 Å². The molecule has 28 heavy (non-hydrogen) atoms. The lowest BCUT2D eigenvalue weighted by Crippen LogP contribution is -2.19. The first-order valence-electron chi connectivity index (χ1n) is 7.99. The maximum Gasteiger partial charge on any atom is 0.264 e. The van der Waals surface area contributed by atoms with Crippen LogP contribution in [-0.4, -0.2) is 24.8 Å². The molecule has 1 amide bonds. The predicted octanol–water partition coefficient (Wildman–Crippen LogP) is 4.91. The summed E-state index contributed by atoms with van der Waals surface area (Å²) in [6.07, 6.45) is 6.94. The van der Waals surface area contributed by atoms with Crippen molar-refractivity contribution in [2.24, 2.45) is 4.99 Å². The molecule has 0 bridgehead atoms. The van der Waals surface area contributed by atoms with Crippen molar-refractivity contribution in [1.82, 2.24) is 5.32 Å². The van der Waals surface area contributed by atoms with E-state index in [1.54, 1.807) is 42.5 Å². The minimum absolute atomic E-state index is 0.140. The molecule has 1 aliphatic heterocycles. The molecule has 142 valence electrons. The van der Waals surface area contributed by atoms with E-state index in [1.807, 2.05) is 0 Å². The summed E-state index contributed by atoms with van der Waals surface area (Å²) < 4.78 is 10.7. The molecule has 1 saturated heterocycles. The number of aliphatic imine (C=N–C) groups is 1. The number of carbonyl (C=O) groups is 1. The van der Waals surface area contributed by atoms with Crippen molar-refractivity contribution in [1.29, 1.82) is 0 Å². The highest BCUT2D eigenvalue weighted by Gasteiger charge is 2.24. The zero-order valence-corrected chi connectivity index (χ0v) is 17.0. The number of nitrogens with one attached hydrogen (secondary N) is 1. The fraction of sp³-hybridized carbons (Fsp3) is 0.100. The first-order chi connectivity index (χ1) is 13.5. The molecule has 0 radical (unpaired) electrons. The number of nitrogens with zero attached hydrogens (tertiary/aromatic N) is 1. The highest BCUT2D eigenvalue weighted by molar-refractivity contribution is 8.18. The number of halogens is 2. The monoisotopic (exact) mass is 432 g/mol. The fourth-order valence-electron chi connectivity index (χ4n) is 2.33. The van der Waals surface area contributed by atoms with E-state index in [4.69, 9.17) is 39.1 Å². The van der Waals surface area contributed by atoms with Gasteiger partial charge >= 0.3 is 0 Å². The summed E-state index contributed by atoms with van der Waals surface area (Å²) in [7, 11) is 1.53. The number of ether oxygens (including phenoxy) is 2. The molecule has 0 aliphatic carbocycles. The van der Waals surface area contributed by atoms with E-state index in [0.717, 1.165) is 5.56 Å². The Labute approximate surface area is 176 Å². The Morgan fingerprint density at radius 3 is 2.86 bits per heavy atom. The summed E-state index contributed by atoms with van der Waals surface area (Å²) in [5.74, 6) is 3.20. The van der Waals surface area contributed by atoms with Gasteiger partial charge in [-0.05, 0) is 47.7 Å². The third kappa shape index (κ3) is 4.63. The van der Waals surface area contributed by atoms with Gasteiger partial charge in [-0.1, -0.05) is 41.3 Å². The molecule has 1 N–H and O–H groups in total. The number of amides is 1. The van der Waals surface area contributed by atoms with Crippen LogP contribution in [0.15, 0.2) is 46.3 Å². The van der Waals surface area contributed by atoms with Gasteiger partial charge in [0, 0.05) is 0 Å². The smallest absolute Gasteiger partial charge is 0.264 e. The van der Waals surface area contributed by atoms with Crippen molar-refractivity contribution in [2.75, 3.05) is 13.7 Å². The minimum Gasteiger partial charge on any atom is -0.493 e. The molecule has 0 saturated carbocycles. The van der Waals surface area contributed by atoms with Crippen molar-refractivity contribution in [3.63, 3.8) is 0 Å². The number of carbonyl (C=O) groups excluding carboxylic acids is 1. The summed E-state index contributed by atoms with van der Waals surface area (Å²) in [4.78, 5) is 17.1. The van der Waals surface area contributed by atoms with Gasteiger partial charge in [0.25, 0.3) is 5.91 Å². The van der Waals surface area contributed by atoms with Gasteiger partial charge in [-0.15, -0.1) is 6.42 Å². The highest BCUT2D eigenvalue weighted by atomic mass is 35.5. The quantitative estimate of drug-likeness (QED) is 0.538. The van der Waals surface area contributed by atoms with E-state index >= 15 is 0 Å². The Bertz CT molecular complexity index is 1030. The number of amidine groups is 1. The molecule has 5 nitrogen and oxygen atoms in total. The second-order valence-corrected chi connectivity index (χ2v) is 7.27. The summed E-state index contributed by atoms with van der Waals surface area (Å²) in [5, 5.41) is 3.86. The van der Waals surface area contributed by atoms with E-state index in [0.29, 0.717) is 37.3 Å². The molecule has 2 aromatic rings. The molecule has 3 rings (SSSR count). The lowest BCUT2D eigenvalue weighted by molar-refractivity contribution is -0.115. The van der Waals surface area contributed by atoms with Crippen LogP contribution in [0.25, 0.3) is 6.08 Å². The Kier molecular flexibility index (Phi) is 6.53. The first-order valence-corrected chi connectivity index (χ1v) is 9.57. The van der Waals surface area contributed by atoms with Crippen LogP contribution in [0.5, 0.6) is 11.5 Å². The zero-order chi connectivity index (χ0) is 20.1. The Morgan fingerprint density at radius 2 is 2.11 bits per heavy atom. The minimum atomic E-state index is -0.256. The maximum atomic E-state index is 12.3. The molecule has 1 heterocycles. The van der Waals surface area contributed by atoms with Gasteiger partial charge in [-0.3, -0.25) is 4.79 Å². The average molecular weight is 433 g/mol. The number of hydrogen-bond acceptors (Lipinski definition) is 5. The lowest BCUT2D eigenvalue weighted by Gasteiger charge is -2.09. The van der Waals surface area contributed by atoms with E-state index in [1.165, 1.54) is 18.9 Å². The second-order valence-electron chi connectivity index (χ2n) is 5.46. The molecule has 8 heteroatoms. The van der Waals surface area contributed by atoms with E-state index < -0.39 is 0 Å². The van der Waals surface area contributed by atoms with E-state index in [-0.39, 0.29) is 12.5 Å². The predicted molar refractivity (Wildman–Crippen MR) is 115 cm³/mol. The van der Waals surface area contributed by atoms with Crippen molar-refractivity contribution in [2.45, 2.75) is 0 Å². The van der Waals surface area contributed by atoms with Gasteiger partial charge in [0.2, 0.25) is 0 Å². The SMILES string of the molecule is C#CCOc1ccc(/C=C2/SC(=Nc3cccc(Cl)c3Cl)NC2=O)cc1OC. The van der Waals surface area contributed by atoms with Crippen LogP contribution in [0.3, 0.4) is 0 Å². The number of terminal acetylenes is 1. The van der Waals surface area contributed by atoms with Gasteiger partial charge < -0.3 is 14.8 Å². The third-order valence-corrected chi connectivity index (χ3v) is 5.32. The maximum absolute atomic E-state index is 12.3. The summed E-state index contributed by atoms with van der Waals surface area (Å²) >= 11 is 13.3. The van der Waals surface area contributed by atoms with Crippen LogP contribution in [-0.2, 0) is 4.79 Å². The topological polar surface area (TPSA) is 59.9 Å². The Hall–Kier alpha value is -2.59. The van der Waals surface area contributed by atoms with Gasteiger partial charge in [0.1, 0.15) is 6.61 Å². The summed E-state index contributed by atoms with van der Waals surface area (Å²) in [6, 6.07) is 10.4. The lowest BCUT2D eigenvalue weighted by atomic mass is 10.2. The fourth-order valence-corrected chi connectivity index (χ4v) is 3.51. The molecule has 0 spiro atoms. The average Bonchev–Trinajstić information content (AvgIpc) is 3.03. The first kappa shape index (κ1) is 20.2. The van der Waals surface area contributed by atoms with Crippen molar-refractivity contribution in [3.05, 3.63) is 56.9 Å². The van der Waals surface area contributed by atoms with Crippen LogP contribution in [0.1, 0.15) is 5.56 Å². The highest BCUT2D eigenvalue weighted by Crippen LogP contribution is 2.35. The Balaban J connectivity index is 1.84. The van der Waals surface area contributed by atoms with Gasteiger partial charge in [0.15, 0.2) is 16.7 Å². The van der Waals surface area contributed by atoms with Crippen molar-refractivity contribution in [3.8, 4) is 23.8 Å². The van der Waals surface area contributed by atoms with E-state index in [2.05, 4.69) is 16.2 Å². The normalized spacial score (nSPS) is 16.1. The summed E-state index contributed by atoms with van der Waals surface area (Å²) in [5.41, 5.74) is 1.25. The van der Waals surface area contributed by atoms with Gasteiger partial charge in [-0.25, -0.2) is 4.99 Å². The van der Waals surface area contributed by atoms with Crippen LogP contribution >= 0.6 is 35.0 Å². The van der Waals surface area contributed by atoms with Gasteiger partial charge in [0.05, 0.1) is 27.7 Å². The number of hydrogen-bond donors (Lipinski definition) is 1. The Morgan fingerprint density at radius 1 is 1.29 bits per heavy atom. The second kappa shape index (κ2) is 9.07. The molecular weight excluding hydrogens is 419 g/mol. The van der Waals surface area contributed by atoms with E-state index in [9.17, 15) is 4.79 Å². The zero-order valence-electron chi connectivity index (χ0n) is 14.7. The summed E-state index contributed by atoms with van der Waals surface area (Å²) in [6.45, 7) is 0.140. The van der Waals surface area contributed by atoms with Crippen molar-refractivity contribution < 1.29 is 14.3 Å². The number of benzene rings is 2. The molecular formula is C20H14Cl2N2O3S. The molecule has 1 aliphatic rings. The standard InChI is InChI=1S/C20H14Cl2N2O3S/c1-3-9-27-15-8-7-12(10-16(15)26-2)11-17-19(25)24-20(28-17)23-14-6-4-5-13(21)18(14)22/h1,4-8,10-11H,9H2,2H3,(H,23,24,25)/b17-11+. The van der Waals surface area contributed by atoms with Crippen LogP contribution in [0.2, 0.25) is 10.0 Å². The number of methoxy groups -OCH3 is 1. The molecule has 2 aromatic carbocycles.